The maximum absolute atomic E-state index is 6.05. The monoisotopic (exact) mass is 424 g/mol. The van der Waals surface area contributed by atoms with Gasteiger partial charge in [0.05, 0.1) is 11.0 Å². The maximum Gasteiger partial charge on any atom is 0.264 e. The van der Waals surface area contributed by atoms with Gasteiger partial charge in [-0.3, -0.25) is 0 Å². The third kappa shape index (κ3) is 3.29. The highest BCUT2D eigenvalue weighted by molar-refractivity contribution is 7.80. The first-order chi connectivity index (χ1) is 15.2. The molecule has 2 aromatic heterocycles. The molecule has 0 bridgehead atoms. The van der Waals surface area contributed by atoms with E-state index in [4.69, 9.17) is 26.9 Å². The van der Waals surface area contributed by atoms with Crippen LogP contribution in [0.2, 0.25) is 0 Å². The van der Waals surface area contributed by atoms with E-state index in [-0.39, 0.29) is 0 Å². The fourth-order valence-corrected chi connectivity index (χ4v) is 4.65. The SMILES string of the molecule is S=C(Oc1ccc2nc3[nH]c4ccccc4c3nc2c1)N1CC[C@@H](c2ccccc2)C1. The summed E-state index contributed by atoms with van der Waals surface area (Å²) in [5, 5.41) is 1.58. The van der Waals surface area contributed by atoms with Crippen LogP contribution in [0.5, 0.6) is 5.75 Å². The van der Waals surface area contributed by atoms with E-state index in [1.807, 2.05) is 36.4 Å². The lowest BCUT2D eigenvalue weighted by Crippen LogP contribution is -2.31. The van der Waals surface area contributed by atoms with Gasteiger partial charge in [0.25, 0.3) is 5.17 Å². The van der Waals surface area contributed by atoms with E-state index in [2.05, 4.69) is 46.3 Å². The van der Waals surface area contributed by atoms with E-state index in [0.29, 0.717) is 16.8 Å². The van der Waals surface area contributed by atoms with E-state index in [1.54, 1.807) is 0 Å². The van der Waals surface area contributed by atoms with Crippen LogP contribution in [0.15, 0.2) is 72.8 Å². The Morgan fingerprint density at radius 3 is 2.71 bits per heavy atom. The fourth-order valence-electron chi connectivity index (χ4n) is 4.39. The lowest BCUT2D eigenvalue weighted by Gasteiger charge is -2.19. The molecule has 0 aliphatic carbocycles. The molecule has 1 fully saturated rings. The number of likely N-dealkylation sites (tertiary alicyclic amines) is 1. The Bertz CT molecular complexity index is 1430. The van der Waals surface area contributed by atoms with E-state index in [9.17, 15) is 0 Å². The predicted octanol–water partition coefficient (Wildman–Crippen LogP) is 5.42. The van der Waals surface area contributed by atoms with Crippen LogP contribution in [0.3, 0.4) is 0 Å². The molecule has 3 heterocycles. The van der Waals surface area contributed by atoms with Crippen molar-refractivity contribution >= 4 is 50.5 Å². The molecule has 0 spiro atoms. The molecular weight excluding hydrogens is 404 g/mol. The number of nitrogens with zero attached hydrogens (tertiary/aromatic N) is 3. The Morgan fingerprint density at radius 2 is 1.81 bits per heavy atom. The van der Waals surface area contributed by atoms with Gasteiger partial charge >= 0.3 is 0 Å². The average Bonchev–Trinajstić information content (AvgIpc) is 3.43. The first-order valence-electron chi connectivity index (χ1n) is 10.4. The average molecular weight is 425 g/mol. The van der Waals surface area contributed by atoms with Gasteiger partial charge in [0.15, 0.2) is 5.65 Å². The zero-order valence-electron chi connectivity index (χ0n) is 16.8. The first-order valence-corrected chi connectivity index (χ1v) is 10.9. The second kappa shape index (κ2) is 7.32. The molecule has 1 atom stereocenters. The minimum absolute atomic E-state index is 0.486. The number of H-pyrrole nitrogens is 1. The highest BCUT2D eigenvalue weighted by Crippen LogP contribution is 2.29. The third-order valence-corrected chi connectivity index (χ3v) is 6.34. The van der Waals surface area contributed by atoms with Gasteiger partial charge < -0.3 is 14.6 Å². The van der Waals surface area contributed by atoms with Crippen molar-refractivity contribution in [2.45, 2.75) is 12.3 Å². The molecule has 0 amide bonds. The van der Waals surface area contributed by atoms with Crippen molar-refractivity contribution in [1.29, 1.82) is 0 Å². The van der Waals surface area contributed by atoms with Gasteiger partial charge in [-0.05, 0) is 42.4 Å². The third-order valence-electron chi connectivity index (χ3n) is 5.99. The number of nitrogens with one attached hydrogen (secondary N) is 1. The fraction of sp³-hybridized carbons (Fsp3) is 0.160. The van der Waals surface area contributed by atoms with Crippen LogP contribution in [-0.4, -0.2) is 38.1 Å². The standard InChI is InChI=1S/C25H20N4OS/c31-25(29-13-12-17(15-29)16-6-2-1-3-7-16)30-18-10-11-21-22(14-18)26-23-19-8-4-5-9-20(19)27-24(23)28-21/h1-11,14,17H,12-13,15H2,(H,27,28)/t17-/m1/s1. The van der Waals surface area contributed by atoms with E-state index < -0.39 is 0 Å². The lowest BCUT2D eigenvalue weighted by molar-refractivity contribution is 0.403. The Kier molecular flexibility index (Phi) is 4.32. The predicted molar refractivity (Wildman–Crippen MR) is 127 cm³/mol. The quantitative estimate of drug-likeness (QED) is 0.384. The molecule has 6 heteroatoms. The molecule has 0 saturated carbocycles. The van der Waals surface area contributed by atoms with Crippen LogP contribution in [0.4, 0.5) is 0 Å². The highest BCUT2D eigenvalue weighted by Gasteiger charge is 2.26. The molecule has 0 unspecified atom stereocenters. The molecule has 1 aliphatic heterocycles. The summed E-state index contributed by atoms with van der Waals surface area (Å²) < 4.78 is 6.05. The summed E-state index contributed by atoms with van der Waals surface area (Å²) in [5.74, 6) is 1.18. The summed E-state index contributed by atoms with van der Waals surface area (Å²) in [6.07, 6.45) is 1.08. The van der Waals surface area contributed by atoms with Crippen LogP contribution in [0.1, 0.15) is 17.9 Å². The second-order valence-corrected chi connectivity index (χ2v) is 8.30. The number of benzene rings is 3. The summed E-state index contributed by atoms with van der Waals surface area (Å²) in [5.41, 5.74) is 5.67. The molecule has 152 valence electrons. The van der Waals surface area contributed by atoms with Crippen molar-refractivity contribution in [3.05, 3.63) is 78.4 Å². The van der Waals surface area contributed by atoms with Crippen molar-refractivity contribution in [1.82, 2.24) is 19.9 Å². The van der Waals surface area contributed by atoms with Crippen molar-refractivity contribution in [2.75, 3.05) is 13.1 Å². The number of para-hydroxylation sites is 1. The molecule has 0 radical (unpaired) electrons. The number of hydrogen-bond acceptors (Lipinski definition) is 4. The molecule has 5 nitrogen and oxygen atoms in total. The van der Waals surface area contributed by atoms with E-state index in [0.717, 1.165) is 52.6 Å². The van der Waals surface area contributed by atoms with Crippen LogP contribution in [-0.2, 0) is 0 Å². The van der Waals surface area contributed by atoms with E-state index in [1.165, 1.54) is 5.56 Å². The van der Waals surface area contributed by atoms with Gasteiger partial charge in [-0.15, -0.1) is 0 Å². The molecule has 1 N–H and O–H groups in total. The number of aromatic amines is 1. The molecule has 3 aromatic carbocycles. The van der Waals surface area contributed by atoms with Gasteiger partial charge in [0.1, 0.15) is 11.3 Å². The Hall–Kier alpha value is -3.51. The molecular formula is C25H20N4OS. The van der Waals surface area contributed by atoms with Crippen LogP contribution >= 0.6 is 12.2 Å². The number of ether oxygens (including phenoxy) is 1. The number of rotatable bonds is 2. The normalized spacial score (nSPS) is 16.4. The molecule has 6 rings (SSSR count). The molecule has 31 heavy (non-hydrogen) atoms. The number of aromatic nitrogens is 3. The lowest BCUT2D eigenvalue weighted by atomic mass is 9.99. The highest BCUT2D eigenvalue weighted by atomic mass is 32.1. The maximum atomic E-state index is 6.05. The molecule has 1 saturated heterocycles. The van der Waals surface area contributed by atoms with Crippen LogP contribution in [0.25, 0.3) is 33.1 Å². The molecule has 1 aliphatic rings. The van der Waals surface area contributed by atoms with E-state index >= 15 is 0 Å². The smallest absolute Gasteiger partial charge is 0.264 e. The Labute approximate surface area is 184 Å². The Balaban J connectivity index is 1.25. The minimum Gasteiger partial charge on any atom is -0.432 e. The summed E-state index contributed by atoms with van der Waals surface area (Å²) >= 11 is 5.61. The van der Waals surface area contributed by atoms with Crippen molar-refractivity contribution < 1.29 is 4.74 Å². The van der Waals surface area contributed by atoms with Crippen molar-refractivity contribution in [3.63, 3.8) is 0 Å². The largest absolute Gasteiger partial charge is 0.432 e. The topological polar surface area (TPSA) is 54.0 Å². The number of fused-ring (bicyclic) bond motifs is 4. The summed E-state index contributed by atoms with van der Waals surface area (Å²) in [7, 11) is 0. The summed E-state index contributed by atoms with van der Waals surface area (Å²) in [4.78, 5) is 15.1. The van der Waals surface area contributed by atoms with Crippen LogP contribution in [0, 0.1) is 0 Å². The van der Waals surface area contributed by atoms with Gasteiger partial charge in [0.2, 0.25) is 0 Å². The van der Waals surface area contributed by atoms with Crippen LogP contribution < -0.4 is 4.74 Å². The zero-order valence-corrected chi connectivity index (χ0v) is 17.6. The van der Waals surface area contributed by atoms with Gasteiger partial charge in [-0.1, -0.05) is 48.5 Å². The summed E-state index contributed by atoms with van der Waals surface area (Å²) in [6, 6.07) is 24.5. The van der Waals surface area contributed by atoms with Gasteiger partial charge in [-0.2, -0.15) is 0 Å². The second-order valence-electron chi connectivity index (χ2n) is 7.95. The minimum atomic E-state index is 0.486. The van der Waals surface area contributed by atoms with Crippen molar-refractivity contribution in [3.8, 4) is 5.75 Å². The van der Waals surface area contributed by atoms with Gasteiger partial charge in [0, 0.05) is 36.0 Å². The summed E-state index contributed by atoms with van der Waals surface area (Å²) in [6.45, 7) is 1.79. The number of hydrogen-bond donors (Lipinski definition) is 1. The Morgan fingerprint density at radius 1 is 0.968 bits per heavy atom. The van der Waals surface area contributed by atoms with Gasteiger partial charge in [-0.25, -0.2) is 9.97 Å². The first kappa shape index (κ1) is 18.3. The van der Waals surface area contributed by atoms with Crippen molar-refractivity contribution in [2.24, 2.45) is 0 Å². The zero-order chi connectivity index (χ0) is 20.8. The number of thiocarbonyl (C=S) groups is 1. The molecule has 5 aromatic rings.